The molecule has 7 heteroatoms. The predicted octanol–water partition coefficient (Wildman–Crippen LogP) is 4.48. The summed E-state index contributed by atoms with van der Waals surface area (Å²) in [5, 5.41) is 3.51. The number of anilines is 1. The zero-order valence-corrected chi connectivity index (χ0v) is 17.2. The molecule has 2 heterocycles. The van der Waals surface area contributed by atoms with Gasteiger partial charge in [0.2, 0.25) is 0 Å². The molecular weight excluding hydrogens is 380 g/mol. The average molecular weight is 409 g/mol. The number of nitrogens with zero attached hydrogens (tertiary/aromatic N) is 1. The molecule has 154 valence electrons. The largest absolute Gasteiger partial charge is 0.466 e. The number of halogens is 1. The fourth-order valence-electron chi connectivity index (χ4n) is 4.05. The first-order chi connectivity index (χ1) is 13.5. The molecule has 6 nitrogen and oxygen atoms in total. The van der Waals surface area contributed by atoms with Crippen molar-refractivity contribution in [2.24, 2.45) is 5.41 Å². The van der Waals surface area contributed by atoms with Crippen LogP contribution in [0.15, 0.2) is 24.3 Å². The van der Waals surface area contributed by atoms with Crippen molar-refractivity contribution in [2.45, 2.75) is 51.6 Å². The molecule has 28 heavy (non-hydrogen) atoms. The van der Waals surface area contributed by atoms with Crippen molar-refractivity contribution < 1.29 is 19.1 Å². The Hall–Kier alpha value is -1.79. The molecule has 2 aliphatic heterocycles. The number of ether oxygens (including phenoxy) is 2. The number of carbonyl (C=O) groups is 2. The van der Waals surface area contributed by atoms with E-state index in [4.69, 9.17) is 21.1 Å². The molecule has 2 saturated heterocycles. The molecule has 1 atom stereocenters. The second kappa shape index (κ2) is 9.61. The highest BCUT2D eigenvalue weighted by atomic mass is 35.5. The lowest BCUT2D eigenvalue weighted by molar-refractivity contribution is -0.162. The number of hydrogen-bond acceptors (Lipinski definition) is 4. The third kappa shape index (κ3) is 5.17. The summed E-state index contributed by atoms with van der Waals surface area (Å²) in [5.74, 6) is -0.151. The molecule has 0 aromatic heterocycles. The van der Waals surface area contributed by atoms with Crippen LogP contribution in [-0.2, 0) is 14.3 Å². The van der Waals surface area contributed by atoms with Crippen molar-refractivity contribution in [3.8, 4) is 0 Å². The first-order valence-electron chi connectivity index (χ1n) is 10.1. The Morgan fingerprint density at radius 3 is 2.57 bits per heavy atom. The lowest BCUT2D eigenvalue weighted by atomic mass is 9.73. The number of nitrogens with one attached hydrogen (secondary N) is 1. The van der Waals surface area contributed by atoms with E-state index < -0.39 is 5.41 Å². The van der Waals surface area contributed by atoms with Crippen LogP contribution in [0.3, 0.4) is 0 Å². The summed E-state index contributed by atoms with van der Waals surface area (Å²) in [6, 6.07) is 6.86. The topological polar surface area (TPSA) is 67.9 Å². The molecule has 0 bridgehead atoms. The van der Waals surface area contributed by atoms with Crippen LogP contribution in [0, 0.1) is 5.41 Å². The Bertz CT molecular complexity index is 665. The molecule has 0 spiro atoms. The Morgan fingerprint density at radius 1 is 1.25 bits per heavy atom. The van der Waals surface area contributed by atoms with Crippen molar-refractivity contribution in [2.75, 3.05) is 31.6 Å². The smallest absolute Gasteiger partial charge is 0.321 e. The fraction of sp³-hybridized carbons (Fsp3) is 0.619. The summed E-state index contributed by atoms with van der Waals surface area (Å²) in [7, 11) is 0. The maximum absolute atomic E-state index is 12.8. The third-order valence-electron chi connectivity index (χ3n) is 5.70. The van der Waals surface area contributed by atoms with Crippen LogP contribution < -0.4 is 5.32 Å². The summed E-state index contributed by atoms with van der Waals surface area (Å²) >= 11 is 5.89. The number of benzene rings is 1. The van der Waals surface area contributed by atoms with Gasteiger partial charge in [0.05, 0.1) is 18.1 Å². The highest BCUT2D eigenvalue weighted by Crippen LogP contribution is 2.40. The Balaban J connectivity index is 1.61. The van der Waals surface area contributed by atoms with Gasteiger partial charge in [0.15, 0.2) is 0 Å². The Morgan fingerprint density at radius 2 is 1.96 bits per heavy atom. The van der Waals surface area contributed by atoms with Gasteiger partial charge in [-0.15, -0.1) is 0 Å². The van der Waals surface area contributed by atoms with Gasteiger partial charge in [-0.1, -0.05) is 11.6 Å². The van der Waals surface area contributed by atoms with E-state index in [-0.39, 0.29) is 18.1 Å². The minimum Gasteiger partial charge on any atom is -0.466 e. The molecule has 2 fully saturated rings. The summed E-state index contributed by atoms with van der Waals surface area (Å²) in [6.07, 6.45) is 5.19. The van der Waals surface area contributed by atoms with E-state index in [9.17, 15) is 9.59 Å². The van der Waals surface area contributed by atoms with Crippen LogP contribution in [0.4, 0.5) is 10.5 Å². The molecular formula is C21H29ClN2O4. The zero-order valence-electron chi connectivity index (χ0n) is 16.4. The van der Waals surface area contributed by atoms with E-state index in [0.717, 1.165) is 25.9 Å². The lowest BCUT2D eigenvalue weighted by Gasteiger charge is -2.42. The van der Waals surface area contributed by atoms with E-state index >= 15 is 0 Å². The molecule has 1 N–H and O–H groups in total. The van der Waals surface area contributed by atoms with Crippen molar-refractivity contribution in [3.05, 3.63) is 29.3 Å². The molecule has 1 aromatic rings. The molecule has 0 aliphatic carbocycles. The van der Waals surface area contributed by atoms with Crippen LogP contribution in [0.2, 0.25) is 5.02 Å². The minimum absolute atomic E-state index is 0.104. The molecule has 0 saturated carbocycles. The highest BCUT2D eigenvalue weighted by molar-refractivity contribution is 6.30. The average Bonchev–Trinajstić information content (AvgIpc) is 2.71. The summed E-state index contributed by atoms with van der Waals surface area (Å²) in [4.78, 5) is 27.1. The maximum atomic E-state index is 12.8. The van der Waals surface area contributed by atoms with Crippen LogP contribution >= 0.6 is 11.6 Å². The number of piperidine rings is 1. The molecule has 3 rings (SSSR count). The van der Waals surface area contributed by atoms with Crippen molar-refractivity contribution in [1.29, 1.82) is 0 Å². The number of likely N-dealkylation sites (tertiary alicyclic amines) is 1. The van der Waals surface area contributed by atoms with E-state index in [1.807, 2.05) is 6.92 Å². The van der Waals surface area contributed by atoms with Crippen molar-refractivity contribution in [1.82, 2.24) is 4.90 Å². The van der Waals surface area contributed by atoms with Gasteiger partial charge in [-0.2, -0.15) is 0 Å². The number of rotatable bonds is 5. The van der Waals surface area contributed by atoms with Gasteiger partial charge in [0.1, 0.15) is 0 Å². The van der Waals surface area contributed by atoms with Crippen LogP contribution in [0.5, 0.6) is 0 Å². The molecule has 2 aliphatic rings. The number of amides is 2. The van der Waals surface area contributed by atoms with Crippen LogP contribution in [0.25, 0.3) is 0 Å². The van der Waals surface area contributed by atoms with Crippen LogP contribution in [0.1, 0.15) is 45.4 Å². The monoisotopic (exact) mass is 408 g/mol. The SMILES string of the molecule is CCOC(=O)C1(C[C@@H]2CCCCO2)CCN(C(=O)Nc2ccc(Cl)cc2)CC1. The lowest BCUT2D eigenvalue weighted by Crippen LogP contribution is -2.49. The number of carbonyl (C=O) groups excluding carboxylic acids is 2. The number of hydrogen-bond donors (Lipinski definition) is 1. The molecule has 1 aromatic carbocycles. The van der Waals surface area contributed by atoms with E-state index in [1.54, 1.807) is 29.2 Å². The normalized spacial score (nSPS) is 21.8. The second-order valence-electron chi connectivity index (χ2n) is 7.62. The van der Waals surface area contributed by atoms with Gasteiger partial charge in [-0.05, 0) is 69.7 Å². The fourth-order valence-corrected chi connectivity index (χ4v) is 4.18. The van der Waals surface area contributed by atoms with Crippen LogP contribution in [-0.4, -0.2) is 49.3 Å². The third-order valence-corrected chi connectivity index (χ3v) is 5.96. The minimum atomic E-state index is -0.560. The van der Waals surface area contributed by atoms with Gasteiger partial charge in [-0.3, -0.25) is 4.79 Å². The van der Waals surface area contributed by atoms with Gasteiger partial charge in [0.25, 0.3) is 0 Å². The first kappa shape index (κ1) is 20.9. The Labute approximate surface area is 171 Å². The zero-order chi connectivity index (χ0) is 20.0. The first-order valence-corrected chi connectivity index (χ1v) is 10.5. The van der Waals surface area contributed by atoms with Crippen molar-refractivity contribution >= 4 is 29.3 Å². The van der Waals surface area contributed by atoms with E-state index in [0.29, 0.717) is 49.7 Å². The van der Waals surface area contributed by atoms with Crippen molar-refractivity contribution in [3.63, 3.8) is 0 Å². The summed E-state index contributed by atoms with van der Waals surface area (Å²) in [6.45, 7) is 4.00. The van der Waals surface area contributed by atoms with Gasteiger partial charge >= 0.3 is 12.0 Å². The Kier molecular flexibility index (Phi) is 7.18. The summed E-state index contributed by atoms with van der Waals surface area (Å²) < 4.78 is 11.3. The number of urea groups is 1. The standard InChI is InChI=1S/C21H29ClN2O4/c1-2-27-19(25)21(15-18-5-3-4-14-28-18)10-12-24(13-11-21)20(26)23-17-8-6-16(22)7-9-17/h6-9,18H,2-5,10-15H2,1H3,(H,23,26)/t18-/m0/s1. The maximum Gasteiger partial charge on any atom is 0.321 e. The highest BCUT2D eigenvalue weighted by Gasteiger charge is 2.45. The van der Waals surface area contributed by atoms with E-state index in [2.05, 4.69) is 5.32 Å². The predicted molar refractivity (Wildman–Crippen MR) is 109 cm³/mol. The van der Waals surface area contributed by atoms with Gasteiger partial charge in [-0.25, -0.2) is 4.79 Å². The summed E-state index contributed by atoms with van der Waals surface area (Å²) in [5.41, 5.74) is 0.141. The molecule has 0 unspecified atom stereocenters. The van der Waals surface area contributed by atoms with Gasteiger partial charge < -0.3 is 19.7 Å². The molecule has 2 amide bonds. The van der Waals surface area contributed by atoms with Gasteiger partial charge in [0, 0.05) is 30.4 Å². The second-order valence-corrected chi connectivity index (χ2v) is 8.05. The number of esters is 1. The van der Waals surface area contributed by atoms with E-state index in [1.165, 1.54) is 0 Å². The quantitative estimate of drug-likeness (QED) is 0.729. The molecule has 0 radical (unpaired) electrons.